The Morgan fingerprint density at radius 2 is 1.70 bits per heavy atom. The van der Waals surface area contributed by atoms with Crippen LogP contribution in [0.2, 0.25) is 0 Å². The lowest BCUT2D eigenvalue weighted by Gasteiger charge is -2.48. The Labute approximate surface area is 165 Å². The van der Waals surface area contributed by atoms with Crippen molar-refractivity contribution in [3.05, 3.63) is 0 Å². The Morgan fingerprint density at radius 3 is 2.41 bits per heavy atom. The van der Waals surface area contributed by atoms with Crippen LogP contribution in [0.1, 0.15) is 71.1 Å². The van der Waals surface area contributed by atoms with Gasteiger partial charge in [0.1, 0.15) is 0 Å². The predicted octanol–water partition coefficient (Wildman–Crippen LogP) is 2.70. The maximum atomic E-state index is 13.2. The van der Waals surface area contributed by atoms with Crippen molar-refractivity contribution in [3.63, 3.8) is 0 Å². The molecule has 2 N–H and O–H groups in total. The molecule has 4 aliphatic rings. The molecule has 0 aromatic heterocycles. The second kappa shape index (κ2) is 8.38. The van der Waals surface area contributed by atoms with Gasteiger partial charge in [-0.15, -0.1) is 0 Å². The number of rotatable bonds is 3. The van der Waals surface area contributed by atoms with Gasteiger partial charge in [-0.3, -0.25) is 9.69 Å². The minimum Gasteiger partial charge on any atom is -0.379 e. The van der Waals surface area contributed by atoms with Gasteiger partial charge in [0, 0.05) is 30.6 Å². The predicted molar refractivity (Wildman–Crippen MR) is 108 cm³/mol. The van der Waals surface area contributed by atoms with E-state index in [4.69, 9.17) is 4.74 Å². The summed E-state index contributed by atoms with van der Waals surface area (Å²) in [5.74, 6) is 0.623. The highest BCUT2D eigenvalue weighted by atomic mass is 16.5. The summed E-state index contributed by atoms with van der Waals surface area (Å²) in [5, 5.41) is 6.99. The molecule has 2 aliphatic heterocycles. The van der Waals surface area contributed by atoms with Gasteiger partial charge >= 0.3 is 0 Å². The SMILES string of the molecule is CC1(N2CCOCC2)CCC(NC(=O)C2CCCCC23CCNCC3)CC1. The molecule has 1 spiro atoms. The van der Waals surface area contributed by atoms with E-state index in [0.29, 0.717) is 17.5 Å². The lowest BCUT2D eigenvalue weighted by atomic mass is 9.61. The molecule has 154 valence electrons. The molecule has 1 atom stereocenters. The van der Waals surface area contributed by atoms with Crippen LogP contribution in [-0.4, -0.2) is 61.8 Å². The third-order valence-corrected chi connectivity index (χ3v) is 8.26. The van der Waals surface area contributed by atoms with Crippen LogP contribution >= 0.6 is 0 Å². The Balaban J connectivity index is 1.32. The van der Waals surface area contributed by atoms with Gasteiger partial charge in [-0.05, 0) is 76.8 Å². The van der Waals surface area contributed by atoms with Gasteiger partial charge in [-0.1, -0.05) is 12.8 Å². The number of morpholine rings is 1. The molecule has 5 nitrogen and oxygen atoms in total. The molecule has 0 aromatic rings. The molecule has 5 heteroatoms. The minimum absolute atomic E-state index is 0.251. The number of carbonyl (C=O) groups excluding carboxylic acids is 1. The number of ether oxygens (including phenoxy) is 1. The zero-order valence-corrected chi connectivity index (χ0v) is 17.2. The summed E-state index contributed by atoms with van der Waals surface area (Å²) in [5.41, 5.74) is 0.580. The van der Waals surface area contributed by atoms with Crippen molar-refractivity contribution in [1.82, 2.24) is 15.5 Å². The largest absolute Gasteiger partial charge is 0.379 e. The topological polar surface area (TPSA) is 53.6 Å². The van der Waals surface area contributed by atoms with Gasteiger partial charge in [-0.25, -0.2) is 0 Å². The highest BCUT2D eigenvalue weighted by Crippen LogP contribution is 2.48. The summed E-state index contributed by atoms with van der Waals surface area (Å²) < 4.78 is 5.53. The molecule has 0 aromatic carbocycles. The van der Waals surface area contributed by atoms with Crippen LogP contribution in [0.15, 0.2) is 0 Å². The molecule has 0 bridgehead atoms. The molecule has 1 unspecified atom stereocenters. The van der Waals surface area contributed by atoms with Crippen molar-refractivity contribution >= 4 is 5.91 Å². The first-order valence-electron chi connectivity index (χ1n) is 11.5. The lowest BCUT2D eigenvalue weighted by Crippen LogP contribution is -2.56. The standard InChI is InChI=1S/C22H39N3O2/c1-21(25-14-16-27-17-15-25)8-5-18(6-9-21)24-20(26)19-4-2-3-7-22(19)10-12-23-13-11-22/h18-19,23H,2-17H2,1H3,(H,24,26). The monoisotopic (exact) mass is 377 g/mol. The van der Waals surface area contributed by atoms with Crippen LogP contribution in [0.4, 0.5) is 0 Å². The molecule has 1 amide bonds. The molecule has 2 saturated heterocycles. The first-order chi connectivity index (χ1) is 13.1. The summed E-state index contributed by atoms with van der Waals surface area (Å²) in [4.78, 5) is 15.9. The lowest BCUT2D eigenvalue weighted by molar-refractivity contribution is -0.133. The Kier molecular flexibility index (Phi) is 6.10. The number of nitrogens with zero attached hydrogens (tertiary/aromatic N) is 1. The number of nitrogens with one attached hydrogen (secondary N) is 2. The molecule has 2 heterocycles. The first-order valence-corrected chi connectivity index (χ1v) is 11.5. The van der Waals surface area contributed by atoms with E-state index in [1.807, 2.05) is 0 Å². The van der Waals surface area contributed by atoms with E-state index in [-0.39, 0.29) is 11.3 Å². The fourth-order valence-corrected chi connectivity index (χ4v) is 6.34. The third kappa shape index (κ3) is 4.20. The van der Waals surface area contributed by atoms with E-state index in [1.165, 1.54) is 44.9 Å². The van der Waals surface area contributed by atoms with E-state index >= 15 is 0 Å². The van der Waals surface area contributed by atoms with Crippen molar-refractivity contribution < 1.29 is 9.53 Å². The molecule has 27 heavy (non-hydrogen) atoms. The van der Waals surface area contributed by atoms with Crippen LogP contribution in [-0.2, 0) is 9.53 Å². The van der Waals surface area contributed by atoms with Crippen molar-refractivity contribution in [2.24, 2.45) is 11.3 Å². The Bertz CT molecular complexity index is 495. The van der Waals surface area contributed by atoms with Crippen LogP contribution in [0.5, 0.6) is 0 Å². The van der Waals surface area contributed by atoms with Gasteiger partial charge in [0.25, 0.3) is 0 Å². The summed E-state index contributed by atoms with van der Waals surface area (Å²) >= 11 is 0. The van der Waals surface area contributed by atoms with Gasteiger partial charge in [0.2, 0.25) is 5.91 Å². The zero-order valence-electron chi connectivity index (χ0n) is 17.2. The fourth-order valence-electron chi connectivity index (χ4n) is 6.34. The average Bonchev–Trinajstić information content (AvgIpc) is 2.71. The molecular formula is C22H39N3O2. The normalized spacial score (nSPS) is 37.8. The maximum Gasteiger partial charge on any atom is 0.223 e. The van der Waals surface area contributed by atoms with Crippen molar-refractivity contribution in [2.45, 2.75) is 82.7 Å². The number of carbonyl (C=O) groups is 1. The molecule has 4 rings (SSSR count). The molecule has 2 aliphatic carbocycles. The first kappa shape index (κ1) is 19.7. The van der Waals surface area contributed by atoms with E-state index in [9.17, 15) is 4.79 Å². The van der Waals surface area contributed by atoms with E-state index < -0.39 is 0 Å². The molecule has 2 saturated carbocycles. The van der Waals surface area contributed by atoms with Gasteiger partial charge in [0.15, 0.2) is 0 Å². The van der Waals surface area contributed by atoms with Crippen molar-refractivity contribution in [2.75, 3.05) is 39.4 Å². The van der Waals surface area contributed by atoms with E-state index in [0.717, 1.165) is 58.7 Å². The summed E-state index contributed by atoms with van der Waals surface area (Å²) in [6, 6.07) is 0.382. The highest BCUT2D eigenvalue weighted by Gasteiger charge is 2.45. The van der Waals surface area contributed by atoms with Gasteiger partial charge in [-0.2, -0.15) is 0 Å². The van der Waals surface area contributed by atoms with E-state index in [2.05, 4.69) is 22.5 Å². The van der Waals surface area contributed by atoms with Crippen LogP contribution in [0.3, 0.4) is 0 Å². The molecule has 4 fully saturated rings. The van der Waals surface area contributed by atoms with Crippen LogP contribution in [0.25, 0.3) is 0 Å². The minimum atomic E-state index is 0.251. The smallest absolute Gasteiger partial charge is 0.223 e. The van der Waals surface area contributed by atoms with Gasteiger partial charge < -0.3 is 15.4 Å². The summed E-state index contributed by atoms with van der Waals surface area (Å²) in [6.45, 7) is 8.46. The van der Waals surface area contributed by atoms with Crippen molar-refractivity contribution in [3.8, 4) is 0 Å². The van der Waals surface area contributed by atoms with Crippen molar-refractivity contribution in [1.29, 1.82) is 0 Å². The van der Waals surface area contributed by atoms with E-state index in [1.54, 1.807) is 0 Å². The molecular weight excluding hydrogens is 338 g/mol. The fraction of sp³-hybridized carbons (Fsp3) is 0.955. The number of amides is 1. The summed E-state index contributed by atoms with van der Waals surface area (Å²) in [7, 11) is 0. The van der Waals surface area contributed by atoms with Gasteiger partial charge in [0.05, 0.1) is 13.2 Å². The number of hydrogen-bond donors (Lipinski definition) is 2. The zero-order chi connectivity index (χ0) is 18.7. The summed E-state index contributed by atoms with van der Waals surface area (Å²) in [6.07, 6.45) is 11.9. The quantitative estimate of drug-likeness (QED) is 0.794. The van der Waals surface area contributed by atoms with Crippen LogP contribution in [0, 0.1) is 11.3 Å². The number of piperidine rings is 1. The highest BCUT2D eigenvalue weighted by molar-refractivity contribution is 5.80. The number of hydrogen-bond acceptors (Lipinski definition) is 4. The maximum absolute atomic E-state index is 13.2. The Hall–Kier alpha value is -0.650. The molecule has 0 radical (unpaired) electrons. The second-order valence-corrected chi connectivity index (χ2v) is 9.79. The Morgan fingerprint density at radius 1 is 1.00 bits per heavy atom. The third-order valence-electron chi connectivity index (χ3n) is 8.26. The average molecular weight is 378 g/mol. The van der Waals surface area contributed by atoms with Crippen LogP contribution < -0.4 is 10.6 Å². The second-order valence-electron chi connectivity index (χ2n) is 9.79.